The minimum absolute atomic E-state index is 0.106. The predicted octanol–water partition coefficient (Wildman–Crippen LogP) is 3.27. The number of Topliss-reactive ketones (excluding diaryl/α,β-unsaturated/α-hetero) is 1. The van der Waals surface area contributed by atoms with Crippen LogP contribution in [0.1, 0.15) is 21.5 Å². The third-order valence-electron chi connectivity index (χ3n) is 3.87. The molecular formula is C17H10F3NO4S. The van der Waals surface area contributed by atoms with Crippen LogP contribution >= 0.6 is 0 Å². The number of ketones is 1. The lowest BCUT2D eigenvalue weighted by molar-refractivity contribution is 0.0165. The fourth-order valence-corrected chi connectivity index (χ4v) is 3.62. The molecule has 0 heterocycles. The topological polar surface area (TPSA) is 84.2 Å². The minimum Gasteiger partial charge on any atom is -0.456 e. The van der Waals surface area contributed by atoms with Gasteiger partial charge in [0.1, 0.15) is 23.4 Å². The fourth-order valence-electron chi connectivity index (χ4n) is 2.72. The van der Waals surface area contributed by atoms with Gasteiger partial charge in [0.2, 0.25) is 5.78 Å². The number of nitrogens with zero attached hydrogens (tertiary/aromatic N) is 1. The van der Waals surface area contributed by atoms with Crippen molar-refractivity contribution in [2.75, 3.05) is 6.26 Å². The zero-order chi connectivity index (χ0) is 19.3. The Kier molecular flexibility index (Phi) is 4.04. The maximum absolute atomic E-state index is 13.9. The smallest absolute Gasteiger partial charge is 0.313 e. The highest BCUT2D eigenvalue weighted by atomic mass is 32.2. The number of carbonyl (C=O) groups is 1. The summed E-state index contributed by atoms with van der Waals surface area (Å²) in [6, 6.07) is 6.90. The number of fused-ring (bicyclic) bond motifs is 1. The highest BCUT2D eigenvalue weighted by Crippen LogP contribution is 2.43. The molecule has 2 aromatic carbocycles. The third kappa shape index (κ3) is 2.93. The number of hydrogen-bond acceptors (Lipinski definition) is 5. The lowest BCUT2D eigenvalue weighted by Crippen LogP contribution is -2.24. The molecule has 0 unspecified atom stereocenters. The summed E-state index contributed by atoms with van der Waals surface area (Å²) in [5, 5.41) is 9.04. The predicted molar refractivity (Wildman–Crippen MR) is 83.7 cm³/mol. The van der Waals surface area contributed by atoms with Gasteiger partial charge in [-0.2, -0.15) is 14.0 Å². The summed E-state index contributed by atoms with van der Waals surface area (Å²) in [6.45, 7) is 0. The van der Waals surface area contributed by atoms with Crippen LogP contribution in [0.15, 0.2) is 35.2 Å². The number of halogens is 3. The zero-order valence-electron chi connectivity index (χ0n) is 13.2. The third-order valence-corrected chi connectivity index (χ3v) is 5.01. The van der Waals surface area contributed by atoms with Crippen molar-refractivity contribution in [3.63, 3.8) is 0 Å². The number of alkyl halides is 2. The van der Waals surface area contributed by atoms with Gasteiger partial charge in [0.05, 0.1) is 10.5 Å². The molecule has 0 spiro atoms. The summed E-state index contributed by atoms with van der Waals surface area (Å²) in [5.74, 6) is -6.35. The zero-order valence-corrected chi connectivity index (χ0v) is 14.0. The first kappa shape index (κ1) is 17.9. The molecule has 26 heavy (non-hydrogen) atoms. The molecule has 5 nitrogen and oxygen atoms in total. The van der Waals surface area contributed by atoms with Crippen molar-refractivity contribution in [2.24, 2.45) is 0 Å². The number of hydrogen-bond donors (Lipinski definition) is 0. The first-order valence-electron chi connectivity index (χ1n) is 7.20. The Hall–Kier alpha value is -2.86. The van der Waals surface area contributed by atoms with Gasteiger partial charge in [0.15, 0.2) is 9.84 Å². The van der Waals surface area contributed by atoms with Gasteiger partial charge in [-0.1, -0.05) is 0 Å². The van der Waals surface area contributed by atoms with Gasteiger partial charge in [-0.15, -0.1) is 0 Å². The van der Waals surface area contributed by atoms with E-state index in [1.165, 1.54) is 0 Å². The van der Waals surface area contributed by atoms with Crippen molar-refractivity contribution in [1.82, 2.24) is 0 Å². The Morgan fingerprint density at radius 2 is 1.85 bits per heavy atom. The van der Waals surface area contributed by atoms with Crippen LogP contribution in [0, 0.1) is 17.1 Å². The second-order valence-corrected chi connectivity index (χ2v) is 7.74. The minimum atomic E-state index is -3.93. The van der Waals surface area contributed by atoms with E-state index < -0.39 is 44.2 Å². The molecule has 0 amide bonds. The van der Waals surface area contributed by atoms with E-state index >= 15 is 0 Å². The first-order chi connectivity index (χ1) is 12.0. The molecule has 0 saturated carbocycles. The Labute approximate surface area is 146 Å². The lowest BCUT2D eigenvalue weighted by Gasteiger charge is -2.13. The molecule has 134 valence electrons. The number of nitriles is 1. The Bertz CT molecular complexity index is 1090. The first-order valence-corrected chi connectivity index (χ1v) is 9.10. The molecule has 0 fully saturated rings. The van der Waals surface area contributed by atoms with Crippen LogP contribution in [-0.4, -0.2) is 26.4 Å². The summed E-state index contributed by atoms with van der Waals surface area (Å²) in [6.07, 6.45) is -0.219. The van der Waals surface area contributed by atoms with Crippen molar-refractivity contribution in [3.05, 3.63) is 52.8 Å². The molecule has 1 aliphatic rings. The van der Waals surface area contributed by atoms with Gasteiger partial charge >= 0.3 is 5.92 Å². The number of carbonyl (C=O) groups excluding carboxylic acids is 1. The van der Waals surface area contributed by atoms with Crippen LogP contribution in [0.4, 0.5) is 13.2 Å². The van der Waals surface area contributed by atoms with E-state index in [2.05, 4.69) is 0 Å². The molecule has 0 radical (unpaired) electrons. The van der Waals surface area contributed by atoms with Crippen LogP contribution in [0.25, 0.3) is 0 Å². The molecule has 1 aliphatic carbocycles. The molecule has 0 aromatic heterocycles. The molecule has 3 rings (SSSR count). The fraction of sp³-hybridized carbons (Fsp3) is 0.176. The largest absolute Gasteiger partial charge is 0.456 e. The normalized spacial score (nSPS) is 15.4. The van der Waals surface area contributed by atoms with Crippen molar-refractivity contribution >= 4 is 15.6 Å². The second kappa shape index (κ2) is 5.85. The molecule has 0 bridgehead atoms. The molecule has 9 heteroatoms. The Morgan fingerprint density at radius 1 is 1.19 bits per heavy atom. The molecule has 0 atom stereocenters. The van der Waals surface area contributed by atoms with Crippen LogP contribution in [0.3, 0.4) is 0 Å². The maximum atomic E-state index is 13.9. The Balaban J connectivity index is 2.18. The van der Waals surface area contributed by atoms with E-state index in [1.807, 2.05) is 0 Å². The van der Waals surface area contributed by atoms with Gasteiger partial charge in [-0.05, 0) is 30.3 Å². The van der Waals surface area contributed by atoms with Crippen molar-refractivity contribution in [3.8, 4) is 17.6 Å². The monoisotopic (exact) mass is 381 g/mol. The van der Waals surface area contributed by atoms with Crippen LogP contribution in [0.5, 0.6) is 11.5 Å². The van der Waals surface area contributed by atoms with Gasteiger partial charge in [-0.25, -0.2) is 12.8 Å². The second-order valence-electron chi connectivity index (χ2n) is 5.75. The quantitative estimate of drug-likeness (QED) is 0.815. The van der Waals surface area contributed by atoms with Crippen molar-refractivity contribution in [2.45, 2.75) is 17.2 Å². The summed E-state index contributed by atoms with van der Waals surface area (Å²) in [5.41, 5.74) is -1.06. The number of sulfone groups is 1. The van der Waals surface area contributed by atoms with Crippen LogP contribution in [-0.2, 0) is 16.3 Å². The summed E-state index contributed by atoms with van der Waals surface area (Å²) in [4.78, 5) is 11.5. The summed E-state index contributed by atoms with van der Waals surface area (Å²) >= 11 is 0. The van der Waals surface area contributed by atoms with E-state index in [1.54, 1.807) is 6.07 Å². The molecule has 2 aromatic rings. The SMILES string of the molecule is CS(=O)(=O)c1ccc(Oc2ccc(F)cc2C#N)c2c1C(=O)C(F)(F)C2. The Morgan fingerprint density at radius 3 is 2.46 bits per heavy atom. The average Bonchev–Trinajstić information content (AvgIpc) is 2.79. The molecule has 0 aliphatic heterocycles. The van der Waals surface area contributed by atoms with E-state index in [-0.39, 0.29) is 22.6 Å². The van der Waals surface area contributed by atoms with Crippen LogP contribution < -0.4 is 4.74 Å². The highest BCUT2D eigenvalue weighted by molar-refractivity contribution is 7.90. The van der Waals surface area contributed by atoms with Gasteiger partial charge in [-0.3, -0.25) is 4.79 Å². The van der Waals surface area contributed by atoms with Crippen molar-refractivity contribution in [1.29, 1.82) is 5.26 Å². The van der Waals surface area contributed by atoms with E-state index in [9.17, 15) is 26.4 Å². The van der Waals surface area contributed by atoms with E-state index in [0.717, 1.165) is 36.6 Å². The summed E-state index contributed by atoms with van der Waals surface area (Å²) < 4.78 is 70.1. The lowest BCUT2D eigenvalue weighted by atomic mass is 10.1. The number of ether oxygens (including phenoxy) is 1. The standard InChI is InChI=1S/C17H10F3NO4S/c1-26(23,24)14-5-4-13(11-7-17(19,20)16(22)15(11)14)25-12-3-2-10(18)6-9(12)8-21/h2-6H,7H2,1H3. The molecule has 0 N–H and O–H groups in total. The van der Waals surface area contributed by atoms with E-state index in [4.69, 9.17) is 10.00 Å². The molecule has 0 saturated heterocycles. The number of rotatable bonds is 3. The van der Waals surface area contributed by atoms with Gasteiger partial charge < -0.3 is 4.74 Å². The van der Waals surface area contributed by atoms with E-state index in [0.29, 0.717) is 0 Å². The summed E-state index contributed by atoms with van der Waals surface area (Å²) in [7, 11) is -3.93. The van der Waals surface area contributed by atoms with Crippen molar-refractivity contribution < 1.29 is 31.1 Å². The highest BCUT2D eigenvalue weighted by Gasteiger charge is 2.50. The van der Waals surface area contributed by atoms with Crippen LogP contribution in [0.2, 0.25) is 0 Å². The van der Waals surface area contributed by atoms with Gasteiger partial charge in [0, 0.05) is 23.8 Å². The number of benzene rings is 2. The maximum Gasteiger partial charge on any atom is 0.313 e. The molecular weight excluding hydrogens is 371 g/mol. The average molecular weight is 381 g/mol. The van der Waals surface area contributed by atoms with Gasteiger partial charge in [0.25, 0.3) is 0 Å².